The molecule has 2 aromatic heterocycles. The third kappa shape index (κ3) is 4.29. The summed E-state index contributed by atoms with van der Waals surface area (Å²) in [5, 5.41) is 5.44. The van der Waals surface area contributed by atoms with Gasteiger partial charge in [-0.25, -0.2) is 0 Å². The van der Waals surface area contributed by atoms with E-state index in [4.69, 9.17) is 16.3 Å². The summed E-state index contributed by atoms with van der Waals surface area (Å²) in [5.41, 5.74) is 5.71. The number of ether oxygens (including phenoxy) is 1. The molecule has 3 heterocycles. The van der Waals surface area contributed by atoms with Crippen LogP contribution in [0.25, 0.3) is 16.6 Å². The first-order valence-corrected chi connectivity index (χ1v) is 10.9. The molecule has 0 aliphatic carbocycles. The van der Waals surface area contributed by atoms with Gasteiger partial charge in [0.25, 0.3) is 5.56 Å². The van der Waals surface area contributed by atoms with Crippen LogP contribution in [0.4, 0.5) is 0 Å². The second-order valence-corrected chi connectivity index (χ2v) is 8.36. The fraction of sp³-hybridized carbons (Fsp3) is 0.240. The molecule has 7 heteroatoms. The first-order chi connectivity index (χ1) is 15.1. The van der Waals surface area contributed by atoms with Crippen molar-refractivity contribution in [3.63, 3.8) is 0 Å². The van der Waals surface area contributed by atoms with Crippen molar-refractivity contribution >= 4 is 34.9 Å². The molecule has 0 saturated heterocycles. The normalized spacial score (nSPS) is 13.3. The highest BCUT2D eigenvalue weighted by Crippen LogP contribution is 2.29. The largest absolute Gasteiger partial charge is 0.489 e. The molecule has 166 valence electrons. The van der Waals surface area contributed by atoms with E-state index in [1.54, 1.807) is 10.8 Å². The van der Waals surface area contributed by atoms with E-state index >= 15 is 0 Å². The van der Waals surface area contributed by atoms with Gasteiger partial charge in [0.2, 0.25) is 0 Å². The lowest BCUT2D eigenvalue weighted by atomic mass is 10.1. The number of rotatable bonds is 4. The Morgan fingerprint density at radius 1 is 1.03 bits per heavy atom. The van der Waals surface area contributed by atoms with Gasteiger partial charge in [0.1, 0.15) is 12.4 Å². The average Bonchev–Trinajstić information content (AvgIpc) is 2.93. The number of nitrogens with zero attached hydrogens (tertiary/aromatic N) is 2. The molecule has 0 amide bonds. The molecular formula is C25H25Cl2N3O2. The highest BCUT2D eigenvalue weighted by Gasteiger charge is 2.17. The second kappa shape index (κ2) is 9.41. The molecule has 1 aliphatic rings. The van der Waals surface area contributed by atoms with Crippen molar-refractivity contribution in [2.45, 2.75) is 19.4 Å². The first-order valence-electron chi connectivity index (χ1n) is 10.5. The Bertz CT molecular complexity index is 1310. The Hall–Kier alpha value is -2.73. The quantitative estimate of drug-likeness (QED) is 0.472. The minimum Gasteiger partial charge on any atom is -0.489 e. The van der Waals surface area contributed by atoms with E-state index in [0.717, 1.165) is 37.2 Å². The number of hydrogen-bond donors (Lipinski definition) is 1. The van der Waals surface area contributed by atoms with Gasteiger partial charge in [0, 0.05) is 48.4 Å². The fourth-order valence-electron chi connectivity index (χ4n) is 4.36. The van der Waals surface area contributed by atoms with Crippen molar-refractivity contribution < 1.29 is 4.74 Å². The number of halogens is 2. The molecule has 4 aromatic rings. The summed E-state index contributed by atoms with van der Waals surface area (Å²) >= 11 is 5.92. The van der Waals surface area contributed by atoms with E-state index in [-0.39, 0.29) is 18.0 Å². The fourth-order valence-corrected chi connectivity index (χ4v) is 4.49. The lowest BCUT2D eigenvalue weighted by molar-refractivity contribution is 0.305. The minimum atomic E-state index is -0.118. The lowest BCUT2D eigenvalue weighted by Gasteiger charge is -2.10. The summed E-state index contributed by atoms with van der Waals surface area (Å²) in [4.78, 5) is 12.8. The zero-order valence-corrected chi connectivity index (χ0v) is 19.4. The molecule has 0 atom stereocenters. The molecule has 2 aromatic carbocycles. The zero-order valence-electron chi connectivity index (χ0n) is 17.8. The molecular weight excluding hydrogens is 445 g/mol. The molecule has 0 bridgehead atoms. The van der Waals surface area contributed by atoms with Gasteiger partial charge in [0.05, 0.1) is 11.2 Å². The number of aryl methyl sites for hydroxylation is 1. The zero-order chi connectivity index (χ0) is 21.4. The Labute approximate surface area is 198 Å². The van der Waals surface area contributed by atoms with Crippen LogP contribution in [0.2, 0.25) is 5.02 Å². The van der Waals surface area contributed by atoms with Crippen LogP contribution in [0.5, 0.6) is 5.75 Å². The molecule has 0 unspecified atom stereocenters. The minimum absolute atomic E-state index is 0. The van der Waals surface area contributed by atoms with Crippen molar-refractivity contribution in [1.29, 1.82) is 0 Å². The van der Waals surface area contributed by atoms with Gasteiger partial charge in [-0.2, -0.15) is 0 Å². The average molecular weight is 470 g/mol. The monoisotopic (exact) mass is 469 g/mol. The van der Waals surface area contributed by atoms with Crippen molar-refractivity contribution in [2.24, 2.45) is 7.05 Å². The summed E-state index contributed by atoms with van der Waals surface area (Å²) in [7, 11) is 2.12. The number of benzene rings is 2. The van der Waals surface area contributed by atoms with E-state index in [1.807, 2.05) is 36.4 Å². The summed E-state index contributed by atoms with van der Waals surface area (Å²) in [6, 6.07) is 17.1. The van der Waals surface area contributed by atoms with E-state index in [0.29, 0.717) is 17.4 Å². The van der Waals surface area contributed by atoms with Crippen LogP contribution in [0.15, 0.2) is 65.6 Å². The van der Waals surface area contributed by atoms with E-state index in [1.165, 1.54) is 28.2 Å². The molecule has 5 rings (SSSR count). The number of hydrogen-bond acceptors (Lipinski definition) is 3. The van der Waals surface area contributed by atoms with Gasteiger partial charge in [-0.3, -0.25) is 9.36 Å². The standard InChI is InChI=1S/C25H24ClN3O2.ClH/c1-28-23-9-12-27-11-8-22(23)21-7-6-19(14-24(21)28)29-13-10-20(15-25(29)30)31-16-17-2-4-18(26)5-3-17;/h2-7,10,13-15,27H,8-9,11-12,16H2,1H3;1H. The SMILES string of the molecule is Cl.Cn1c2c(c3ccc(-n4ccc(OCc5ccc(Cl)cc5)cc4=O)cc31)CCNCC2. The molecule has 1 N–H and O–H groups in total. The van der Waals surface area contributed by atoms with E-state index < -0.39 is 0 Å². The predicted molar refractivity (Wildman–Crippen MR) is 132 cm³/mol. The number of pyridine rings is 1. The van der Waals surface area contributed by atoms with Crippen molar-refractivity contribution in [1.82, 2.24) is 14.5 Å². The molecule has 1 aliphatic heterocycles. The number of aromatic nitrogens is 2. The van der Waals surface area contributed by atoms with Crippen molar-refractivity contribution in [3.8, 4) is 11.4 Å². The van der Waals surface area contributed by atoms with E-state index in [2.05, 4.69) is 29.1 Å². The van der Waals surface area contributed by atoms with Crippen molar-refractivity contribution in [3.05, 3.63) is 93.0 Å². The van der Waals surface area contributed by atoms with Crippen LogP contribution < -0.4 is 15.6 Å². The van der Waals surface area contributed by atoms with Gasteiger partial charge in [-0.05, 0) is 54.4 Å². The van der Waals surface area contributed by atoms with Crippen LogP contribution in [-0.2, 0) is 26.5 Å². The summed E-state index contributed by atoms with van der Waals surface area (Å²) < 4.78 is 9.73. The number of nitrogens with one attached hydrogen (secondary N) is 1. The Kier molecular flexibility index (Phi) is 6.60. The maximum Gasteiger partial charge on any atom is 0.258 e. The molecule has 0 saturated carbocycles. The molecule has 32 heavy (non-hydrogen) atoms. The van der Waals surface area contributed by atoms with Gasteiger partial charge in [-0.1, -0.05) is 29.8 Å². The van der Waals surface area contributed by atoms with Crippen LogP contribution in [-0.4, -0.2) is 22.2 Å². The maximum atomic E-state index is 12.8. The highest BCUT2D eigenvalue weighted by atomic mass is 35.5. The molecule has 0 fully saturated rings. The maximum absolute atomic E-state index is 12.8. The number of fused-ring (bicyclic) bond motifs is 3. The highest BCUT2D eigenvalue weighted by molar-refractivity contribution is 6.30. The molecule has 5 nitrogen and oxygen atoms in total. The Morgan fingerprint density at radius 2 is 1.81 bits per heavy atom. The Balaban J connectivity index is 0.00000245. The van der Waals surface area contributed by atoms with Crippen LogP contribution in [0.1, 0.15) is 16.8 Å². The lowest BCUT2D eigenvalue weighted by Crippen LogP contribution is -2.17. The van der Waals surface area contributed by atoms with Gasteiger partial charge in [0.15, 0.2) is 0 Å². The van der Waals surface area contributed by atoms with Gasteiger partial charge in [-0.15, -0.1) is 12.4 Å². The van der Waals surface area contributed by atoms with Gasteiger partial charge < -0.3 is 14.6 Å². The first kappa shape index (κ1) is 22.5. The molecule has 0 radical (unpaired) electrons. The van der Waals surface area contributed by atoms with E-state index in [9.17, 15) is 4.79 Å². The van der Waals surface area contributed by atoms with Crippen molar-refractivity contribution in [2.75, 3.05) is 13.1 Å². The summed E-state index contributed by atoms with van der Waals surface area (Å²) in [6.07, 6.45) is 3.83. The van der Waals surface area contributed by atoms with Crippen LogP contribution in [0.3, 0.4) is 0 Å². The predicted octanol–water partition coefficient (Wildman–Crippen LogP) is 4.67. The van der Waals surface area contributed by atoms with Crippen LogP contribution >= 0.6 is 24.0 Å². The summed E-state index contributed by atoms with van der Waals surface area (Å²) in [6.45, 7) is 2.39. The third-order valence-electron chi connectivity index (χ3n) is 6.00. The second-order valence-electron chi connectivity index (χ2n) is 7.92. The van der Waals surface area contributed by atoms with Gasteiger partial charge >= 0.3 is 0 Å². The molecule has 0 spiro atoms. The summed E-state index contributed by atoms with van der Waals surface area (Å²) in [5.74, 6) is 0.551. The smallest absolute Gasteiger partial charge is 0.258 e. The third-order valence-corrected chi connectivity index (χ3v) is 6.25. The van der Waals surface area contributed by atoms with Crippen LogP contribution in [0, 0.1) is 0 Å². The topological polar surface area (TPSA) is 48.2 Å². The Morgan fingerprint density at radius 3 is 2.59 bits per heavy atom.